The molecule has 0 N–H and O–H groups in total. The summed E-state index contributed by atoms with van der Waals surface area (Å²) in [6.45, 7) is 0.763. The second kappa shape index (κ2) is 8.13. The second-order valence-electron chi connectivity index (χ2n) is 6.36. The number of fused-ring (bicyclic) bond motifs is 1. The second-order valence-corrected chi connectivity index (χ2v) is 6.36. The summed E-state index contributed by atoms with van der Waals surface area (Å²) in [7, 11) is 4.92. The monoisotopic (exact) mass is 355 g/mol. The molecule has 0 aliphatic carbocycles. The average Bonchev–Trinajstić information content (AvgIpc) is 2.70. The Kier molecular flexibility index (Phi) is 5.66. The predicted molar refractivity (Wildman–Crippen MR) is 102 cm³/mol. The number of methoxy groups -OCH3 is 3. The van der Waals surface area contributed by atoms with E-state index in [1.54, 1.807) is 21.3 Å². The lowest BCUT2D eigenvalue weighted by atomic mass is 10.0. The van der Waals surface area contributed by atoms with Gasteiger partial charge in [-0.2, -0.15) is 0 Å². The van der Waals surface area contributed by atoms with Crippen molar-refractivity contribution in [3.63, 3.8) is 0 Å². The van der Waals surface area contributed by atoms with Crippen molar-refractivity contribution in [1.29, 1.82) is 0 Å². The smallest absolute Gasteiger partial charge is 0.227 e. The minimum absolute atomic E-state index is 0.137. The van der Waals surface area contributed by atoms with E-state index in [4.69, 9.17) is 14.2 Å². The molecule has 0 spiro atoms. The molecule has 138 valence electrons. The maximum atomic E-state index is 12.8. The first-order valence-corrected chi connectivity index (χ1v) is 8.84. The van der Waals surface area contributed by atoms with Gasteiger partial charge in [-0.1, -0.05) is 0 Å². The van der Waals surface area contributed by atoms with E-state index in [1.807, 2.05) is 41.3 Å². The largest absolute Gasteiger partial charge is 0.497 e. The lowest BCUT2D eigenvalue weighted by Gasteiger charge is -2.30. The fourth-order valence-electron chi connectivity index (χ4n) is 3.36. The van der Waals surface area contributed by atoms with Crippen molar-refractivity contribution in [2.24, 2.45) is 0 Å². The molecule has 0 saturated heterocycles. The van der Waals surface area contributed by atoms with Crippen molar-refractivity contribution in [3.05, 3.63) is 47.5 Å². The Labute approximate surface area is 154 Å². The summed E-state index contributed by atoms with van der Waals surface area (Å²) in [5.74, 6) is 2.45. The number of hydrogen-bond donors (Lipinski definition) is 0. The van der Waals surface area contributed by atoms with Crippen LogP contribution in [0.3, 0.4) is 0 Å². The predicted octanol–water partition coefficient (Wildman–Crippen LogP) is 3.62. The van der Waals surface area contributed by atoms with Gasteiger partial charge in [0.05, 0.1) is 21.3 Å². The Morgan fingerprint density at radius 1 is 0.962 bits per heavy atom. The molecule has 3 rings (SSSR count). The first-order chi connectivity index (χ1) is 12.6. The lowest BCUT2D eigenvalue weighted by molar-refractivity contribution is -0.118. The van der Waals surface area contributed by atoms with Crippen LogP contribution in [0.1, 0.15) is 24.0 Å². The molecule has 1 heterocycles. The van der Waals surface area contributed by atoms with Crippen LogP contribution in [-0.4, -0.2) is 33.8 Å². The first kappa shape index (κ1) is 18.1. The topological polar surface area (TPSA) is 48.0 Å². The highest BCUT2D eigenvalue weighted by molar-refractivity contribution is 5.94. The molecule has 1 aliphatic rings. The number of amides is 1. The van der Waals surface area contributed by atoms with E-state index in [0.717, 1.165) is 47.9 Å². The Bertz CT molecular complexity index is 765. The third-order valence-electron chi connectivity index (χ3n) is 4.75. The molecule has 0 aromatic heterocycles. The zero-order valence-corrected chi connectivity index (χ0v) is 15.6. The molecule has 26 heavy (non-hydrogen) atoms. The quantitative estimate of drug-likeness (QED) is 0.794. The van der Waals surface area contributed by atoms with E-state index in [9.17, 15) is 4.79 Å². The number of anilines is 1. The molecule has 1 amide bonds. The summed E-state index contributed by atoms with van der Waals surface area (Å²) >= 11 is 0. The fraction of sp³-hybridized carbons (Fsp3) is 0.381. The van der Waals surface area contributed by atoms with Gasteiger partial charge < -0.3 is 19.1 Å². The van der Waals surface area contributed by atoms with Gasteiger partial charge in [-0.15, -0.1) is 0 Å². The highest BCUT2D eigenvalue weighted by Crippen LogP contribution is 2.31. The SMILES string of the molecule is COc1cc(CCC(=O)N2CCCc3cc(OC)ccc32)cc(OC)c1. The van der Waals surface area contributed by atoms with Gasteiger partial charge in [-0.25, -0.2) is 0 Å². The Morgan fingerprint density at radius 3 is 2.31 bits per heavy atom. The average molecular weight is 355 g/mol. The molecule has 0 bridgehead atoms. The zero-order chi connectivity index (χ0) is 18.5. The van der Waals surface area contributed by atoms with Crippen LogP contribution < -0.4 is 19.1 Å². The third-order valence-corrected chi connectivity index (χ3v) is 4.75. The summed E-state index contributed by atoms with van der Waals surface area (Å²) in [5.41, 5.74) is 3.21. The van der Waals surface area contributed by atoms with Crippen molar-refractivity contribution in [1.82, 2.24) is 0 Å². The van der Waals surface area contributed by atoms with Crippen LogP contribution in [0.5, 0.6) is 17.2 Å². The summed E-state index contributed by atoms with van der Waals surface area (Å²) in [6.07, 6.45) is 3.04. The molecular weight excluding hydrogens is 330 g/mol. The molecule has 5 heteroatoms. The highest BCUT2D eigenvalue weighted by Gasteiger charge is 2.22. The van der Waals surface area contributed by atoms with Gasteiger partial charge >= 0.3 is 0 Å². The molecule has 0 unspecified atom stereocenters. The Balaban J connectivity index is 1.72. The number of rotatable bonds is 6. The number of carbonyl (C=O) groups is 1. The van der Waals surface area contributed by atoms with Gasteiger partial charge in [0.25, 0.3) is 0 Å². The van der Waals surface area contributed by atoms with E-state index in [1.165, 1.54) is 5.56 Å². The number of ether oxygens (including phenoxy) is 3. The van der Waals surface area contributed by atoms with Crippen molar-refractivity contribution < 1.29 is 19.0 Å². The standard InChI is InChI=1S/C21H25NO4/c1-24-17-7-8-20-16(13-17)5-4-10-22(20)21(23)9-6-15-11-18(25-2)14-19(12-15)26-3/h7-8,11-14H,4-6,9-10H2,1-3H3. The van der Waals surface area contributed by atoms with Crippen LogP contribution in [0, 0.1) is 0 Å². The Morgan fingerprint density at radius 2 is 1.65 bits per heavy atom. The minimum atomic E-state index is 0.137. The van der Waals surface area contributed by atoms with Crippen molar-refractivity contribution in [2.45, 2.75) is 25.7 Å². The molecule has 5 nitrogen and oxygen atoms in total. The van der Waals surface area contributed by atoms with E-state index in [2.05, 4.69) is 0 Å². The molecule has 0 radical (unpaired) electrons. The number of nitrogens with zero attached hydrogens (tertiary/aromatic N) is 1. The van der Waals surface area contributed by atoms with Crippen LogP contribution in [0.15, 0.2) is 36.4 Å². The van der Waals surface area contributed by atoms with Crippen LogP contribution in [0.2, 0.25) is 0 Å². The summed E-state index contributed by atoms with van der Waals surface area (Å²) in [5, 5.41) is 0. The highest BCUT2D eigenvalue weighted by atomic mass is 16.5. The van der Waals surface area contributed by atoms with Crippen LogP contribution in [0.4, 0.5) is 5.69 Å². The van der Waals surface area contributed by atoms with E-state index in [0.29, 0.717) is 12.8 Å². The molecule has 2 aromatic carbocycles. The van der Waals surface area contributed by atoms with Crippen molar-refractivity contribution in [2.75, 3.05) is 32.8 Å². The zero-order valence-electron chi connectivity index (χ0n) is 15.6. The van der Waals surface area contributed by atoms with Gasteiger partial charge in [0.15, 0.2) is 0 Å². The normalized spacial score (nSPS) is 13.1. The van der Waals surface area contributed by atoms with Crippen LogP contribution in [-0.2, 0) is 17.6 Å². The Hall–Kier alpha value is -2.69. The van der Waals surface area contributed by atoms with Gasteiger partial charge in [0.1, 0.15) is 17.2 Å². The summed E-state index contributed by atoms with van der Waals surface area (Å²) < 4.78 is 15.9. The van der Waals surface area contributed by atoms with Crippen molar-refractivity contribution >= 4 is 11.6 Å². The molecule has 0 fully saturated rings. The maximum Gasteiger partial charge on any atom is 0.227 e. The molecule has 1 aliphatic heterocycles. The van der Waals surface area contributed by atoms with Gasteiger partial charge in [0.2, 0.25) is 5.91 Å². The summed E-state index contributed by atoms with van der Waals surface area (Å²) in [4.78, 5) is 14.7. The van der Waals surface area contributed by atoms with Crippen LogP contribution >= 0.6 is 0 Å². The van der Waals surface area contributed by atoms with Crippen LogP contribution in [0.25, 0.3) is 0 Å². The van der Waals surface area contributed by atoms with E-state index in [-0.39, 0.29) is 5.91 Å². The van der Waals surface area contributed by atoms with Gasteiger partial charge in [0, 0.05) is 24.7 Å². The third kappa shape index (κ3) is 3.93. The molecule has 2 aromatic rings. The van der Waals surface area contributed by atoms with E-state index < -0.39 is 0 Å². The minimum Gasteiger partial charge on any atom is -0.497 e. The summed E-state index contributed by atoms with van der Waals surface area (Å²) in [6, 6.07) is 11.7. The maximum absolute atomic E-state index is 12.8. The first-order valence-electron chi connectivity index (χ1n) is 8.84. The molecular formula is C21H25NO4. The molecule has 0 saturated carbocycles. The molecule has 0 atom stereocenters. The van der Waals surface area contributed by atoms with Gasteiger partial charge in [-0.05, 0) is 60.7 Å². The number of benzene rings is 2. The number of carbonyl (C=O) groups excluding carboxylic acids is 1. The lowest BCUT2D eigenvalue weighted by Crippen LogP contribution is -2.35. The number of aryl methyl sites for hydroxylation is 2. The van der Waals surface area contributed by atoms with Crippen molar-refractivity contribution in [3.8, 4) is 17.2 Å². The fourth-order valence-corrected chi connectivity index (χ4v) is 3.36. The van der Waals surface area contributed by atoms with Gasteiger partial charge in [-0.3, -0.25) is 4.79 Å². The number of hydrogen-bond acceptors (Lipinski definition) is 4. The van der Waals surface area contributed by atoms with E-state index >= 15 is 0 Å².